The fourth-order valence-corrected chi connectivity index (χ4v) is 4.71. The number of rotatable bonds is 5. The van der Waals surface area contributed by atoms with E-state index in [-0.39, 0.29) is 28.7 Å². The topological polar surface area (TPSA) is 58.2 Å². The highest BCUT2D eigenvalue weighted by Gasteiger charge is 2.41. The minimum absolute atomic E-state index is 0.0287. The van der Waals surface area contributed by atoms with Crippen molar-refractivity contribution in [3.05, 3.63) is 71.8 Å². The lowest BCUT2D eigenvalue weighted by Crippen LogP contribution is -2.50. The van der Waals surface area contributed by atoms with Gasteiger partial charge in [0.25, 0.3) is 11.8 Å². The van der Waals surface area contributed by atoms with E-state index in [1.807, 2.05) is 60.7 Å². The van der Waals surface area contributed by atoms with Gasteiger partial charge < -0.3 is 10.6 Å². The Bertz CT molecular complexity index is 817. The van der Waals surface area contributed by atoms with Gasteiger partial charge in [0, 0.05) is 23.7 Å². The second-order valence-electron chi connectivity index (χ2n) is 9.15. The summed E-state index contributed by atoms with van der Waals surface area (Å²) in [5, 5.41) is 6.31. The Morgan fingerprint density at radius 2 is 1.39 bits per heavy atom. The third kappa shape index (κ3) is 5.22. The standard InChI is InChI=1S/C24H30N2O2/c1-23(2)14-20(26-22(28)19-12-8-5-9-13-19)15-24(3,16-23)17-25-21(27)18-10-6-4-7-11-18/h4-13,20H,14-17H2,1-3H3,(H,25,27)(H,26,28). The molecule has 0 aliphatic heterocycles. The maximum Gasteiger partial charge on any atom is 0.251 e. The lowest BCUT2D eigenvalue weighted by molar-refractivity contribution is 0.0592. The van der Waals surface area contributed by atoms with Crippen LogP contribution in [0, 0.1) is 10.8 Å². The number of benzene rings is 2. The van der Waals surface area contributed by atoms with E-state index in [9.17, 15) is 9.59 Å². The Kier molecular flexibility index (Phi) is 5.87. The zero-order valence-electron chi connectivity index (χ0n) is 17.0. The number of carbonyl (C=O) groups is 2. The van der Waals surface area contributed by atoms with Crippen molar-refractivity contribution in [3.63, 3.8) is 0 Å². The summed E-state index contributed by atoms with van der Waals surface area (Å²) in [5.41, 5.74) is 1.39. The first-order chi connectivity index (χ1) is 13.3. The quantitative estimate of drug-likeness (QED) is 0.808. The zero-order chi connectivity index (χ0) is 20.2. The molecule has 1 aliphatic carbocycles. The molecule has 3 rings (SSSR count). The van der Waals surface area contributed by atoms with Gasteiger partial charge in [0.05, 0.1) is 0 Å². The van der Waals surface area contributed by atoms with Crippen molar-refractivity contribution >= 4 is 11.8 Å². The zero-order valence-corrected chi connectivity index (χ0v) is 17.0. The van der Waals surface area contributed by atoms with Crippen LogP contribution >= 0.6 is 0 Å². The molecule has 0 spiro atoms. The molecular weight excluding hydrogens is 348 g/mol. The second kappa shape index (κ2) is 8.17. The van der Waals surface area contributed by atoms with E-state index in [1.54, 1.807) is 0 Å². The number of amides is 2. The van der Waals surface area contributed by atoms with Crippen molar-refractivity contribution in [2.45, 2.75) is 46.1 Å². The van der Waals surface area contributed by atoms with E-state index < -0.39 is 0 Å². The van der Waals surface area contributed by atoms with E-state index in [0.717, 1.165) is 19.3 Å². The van der Waals surface area contributed by atoms with Gasteiger partial charge >= 0.3 is 0 Å². The highest BCUT2D eigenvalue weighted by molar-refractivity contribution is 5.94. The van der Waals surface area contributed by atoms with Crippen LogP contribution in [-0.4, -0.2) is 24.4 Å². The molecule has 28 heavy (non-hydrogen) atoms. The molecule has 2 unspecified atom stereocenters. The smallest absolute Gasteiger partial charge is 0.251 e. The lowest BCUT2D eigenvalue weighted by atomic mass is 9.62. The van der Waals surface area contributed by atoms with Crippen LogP contribution in [0.4, 0.5) is 0 Å². The fraction of sp³-hybridized carbons (Fsp3) is 0.417. The van der Waals surface area contributed by atoms with Gasteiger partial charge in [0.15, 0.2) is 0 Å². The predicted octanol–water partition coefficient (Wildman–Crippen LogP) is 4.43. The molecule has 1 fully saturated rings. The van der Waals surface area contributed by atoms with E-state index >= 15 is 0 Å². The first-order valence-electron chi connectivity index (χ1n) is 9.96. The molecule has 4 heteroatoms. The van der Waals surface area contributed by atoms with Crippen LogP contribution in [0.25, 0.3) is 0 Å². The van der Waals surface area contributed by atoms with Crippen LogP contribution in [0.15, 0.2) is 60.7 Å². The van der Waals surface area contributed by atoms with E-state index in [2.05, 4.69) is 31.4 Å². The van der Waals surface area contributed by atoms with Crippen molar-refractivity contribution in [1.82, 2.24) is 10.6 Å². The highest BCUT2D eigenvalue weighted by atomic mass is 16.2. The number of hydrogen-bond donors (Lipinski definition) is 2. The Morgan fingerprint density at radius 1 is 0.857 bits per heavy atom. The molecule has 0 radical (unpaired) electrons. The number of hydrogen-bond acceptors (Lipinski definition) is 2. The molecule has 2 aromatic carbocycles. The van der Waals surface area contributed by atoms with Crippen molar-refractivity contribution < 1.29 is 9.59 Å². The largest absolute Gasteiger partial charge is 0.351 e. The molecule has 0 aromatic heterocycles. The Labute approximate surface area is 167 Å². The molecule has 2 amide bonds. The Balaban J connectivity index is 1.65. The molecule has 0 heterocycles. The first kappa shape index (κ1) is 20.1. The molecule has 2 N–H and O–H groups in total. The lowest BCUT2D eigenvalue weighted by Gasteiger charge is -2.47. The maximum atomic E-state index is 12.6. The molecule has 2 atom stereocenters. The van der Waals surface area contributed by atoms with Gasteiger partial charge in [-0.05, 0) is 54.4 Å². The molecule has 0 bridgehead atoms. The first-order valence-corrected chi connectivity index (χ1v) is 9.96. The molecule has 1 saturated carbocycles. The summed E-state index contributed by atoms with van der Waals surface area (Å²) >= 11 is 0. The van der Waals surface area contributed by atoms with Crippen LogP contribution in [0.3, 0.4) is 0 Å². The van der Waals surface area contributed by atoms with Crippen LogP contribution in [-0.2, 0) is 0 Å². The third-order valence-corrected chi connectivity index (χ3v) is 5.53. The Hall–Kier alpha value is -2.62. The maximum absolute atomic E-state index is 12.6. The molecule has 148 valence electrons. The van der Waals surface area contributed by atoms with Gasteiger partial charge in [-0.3, -0.25) is 9.59 Å². The van der Waals surface area contributed by atoms with E-state index in [1.165, 1.54) is 0 Å². The number of carbonyl (C=O) groups excluding carboxylic acids is 2. The van der Waals surface area contributed by atoms with Gasteiger partial charge in [-0.2, -0.15) is 0 Å². The normalized spacial score (nSPS) is 23.6. The number of nitrogens with one attached hydrogen (secondary N) is 2. The molecule has 2 aromatic rings. The fourth-order valence-electron chi connectivity index (χ4n) is 4.71. The molecule has 0 saturated heterocycles. The van der Waals surface area contributed by atoms with Gasteiger partial charge in [-0.1, -0.05) is 57.2 Å². The third-order valence-electron chi connectivity index (χ3n) is 5.53. The summed E-state index contributed by atoms with van der Waals surface area (Å²) in [6, 6.07) is 18.7. The SMILES string of the molecule is CC1(C)CC(NC(=O)c2ccccc2)CC(C)(CNC(=O)c2ccccc2)C1. The monoisotopic (exact) mass is 378 g/mol. The van der Waals surface area contributed by atoms with Gasteiger partial charge in [-0.25, -0.2) is 0 Å². The van der Waals surface area contributed by atoms with Crippen molar-refractivity contribution in [2.24, 2.45) is 10.8 Å². The van der Waals surface area contributed by atoms with Crippen molar-refractivity contribution in [3.8, 4) is 0 Å². The van der Waals surface area contributed by atoms with Crippen LogP contribution in [0.1, 0.15) is 60.7 Å². The molecular formula is C24H30N2O2. The van der Waals surface area contributed by atoms with Crippen LogP contribution < -0.4 is 10.6 Å². The van der Waals surface area contributed by atoms with Crippen LogP contribution in [0.2, 0.25) is 0 Å². The van der Waals surface area contributed by atoms with E-state index in [4.69, 9.17) is 0 Å². The minimum atomic E-state index is -0.0686. The summed E-state index contributed by atoms with van der Waals surface area (Å²) in [5.74, 6) is -0.0750. The molecule has 1 aliphatic rings. The van der Waals surface area contributed by atoms with Gasteiger partial charge in [0.2, 0.25) is 0 Å². The van der Waals surface area contributed by atoms with Crippen molar-refractivity contribution in [1.29, 1.82) is 0 Å². The summed E-state index contributed by atoms with van der Waals surface area (Å²) in [6.45, 7) is 7.29. The summed E-state index contributed by atoms with van der Waals surface area (Å²) in [6.07, 6.45) is 2.80. The second-order valence-corrected chi connectivity index (χ2v) is 9.15. The minimum Gasteiger partial charge on any atom is -0.351 e. The summed E-state index contributed by atoms with van der Waals surface area (Å²) in [7, 11) is 0. The average Bonchev–Trinajstić information content (AvgIpc) is 2.66. The van der Waals surface area contributed by atoms with E-state index in [0.29, 0.717) is 17.7 Å². The predicted molar refractivity (Wildman–Crippen MR) is 112 cm³/mol. The van der Waals surface area contributed by atoms with Crippen LogP contribution in [0.5, 0.6) is 0 Å². The molecule has 4 nitrogen and oxygen atoms in total. The van der Waals surface area contributed by atoms with Crippen molar-refractivity contribution in [2.75, 3.05) is 6.54 Å². The summed E-state index contributed by atoms with van der Waals surface area (Å²) < 4.78 is 0. The summed E-state index contributed by atoms with van der Waals surface area (Å²) in [4.78, 5) is 25.1. The van der Waals surface area contributed by atoms with Gasteiger partial charge in [-0.15, -0.1) is 0 Å². The highest BCUT2D eigenvalue weighted by Crippen LogP contribution is 2.45. The Morgan fingerprint density at radius 3 is 1.96 bits per heavy atom. The average molecular weight is 379 g/mol. The van der Waals surface area contributed by atoms with Gasteiger partial charge in [0.1, 0.15) is 0 Å².